The summed E-state index contributed by atoms with van der Waals surface area (Å²) in [4.78, 5) is 4.69. The summed E-state index contributed by atoms with van der Waals surface area (Å²) in [7, 11) is 0. The summed E-state index contributed by atoms with van der Waals surface area (Å²) >= 11 is 0. The van der Waals surface area contributed by atoms with Crippen LogP contribution in [0.25, 0.3) is 0 Å². The van der Waals surface area contributed by atoms with Crippen molar-refractivity contribution in [1.29, 1.82) is 0 Å². The quantitative estimate of drug-likeness (QED) is 0.761. The van der Waals surface area contributed by atoms with Crippen LogP contribution in [0, 0.1) is 11.8 Å². The van der Waals surface area contributed by atoms with Crippen molar-refractivity contribution in [2.24, 2.45) is 16.8 Å². The number of amidine groups is 1. The van der Waals surface area contributed by atoms with Gasteiger partial charge in [-0.2, -0.15) is 0 Å². The highest BCUT2D eigenvalue weighted by atomic mass is 15.0. The fourth-order valence-corrected chi connectivity index (χ4v) is 3.17. The Morgan fingerprint density at radius 2 is 2.00 bits per heavy atom. The van der Waals surface area contributed by atoms with E-state index >= 15 is 0 Å². The second-order valence-corrected chi connectivity index (χ2v) is 5.73. The van der Waals surface area contributed by atoms with E-state index in [-0.39, 0.29) is 0 Å². The zero-order valence-corrected chi connectivity index (χ0v) is 10.8. The Hall–Kier alpha value is -0.530. The van der Waals surface area contributed by atoms with Crippen molar-refractivity contribution < 1.29 is 0 Å². The van der Waals surface area contributed by atoms with Gasteiger partial charge >= 0.3 is 0 Å². The lowest BCUT2D eigenvalue weighted by atomic mass is 9.91. The smallest absolute Gasteiger partial charge is 0.0965 e. The molecule has 0 bridgehead atoms. The molecule has 92 valence electrons. The van der Waals surface area contributed by atoms with Gasteiger partial charge in [-0.05, 0) is 37.5 Å². The molecule has 1 aliphatic heterocycles. The van der Waals surface area contributed by atoms with Gasteiger partial charge < -0.3 is 5.32 Å². The Morgan fingerprint density at radius 3 is 2.81 bits per heavy atom. The fraction of sp³-hybridized carbons (Fsp3) is 0.929. The summed E-state index contributed by atoms with van der Waals surface area (Å²) < 4.78 is 0. The van der Waals surface area contributed by atoms with Crippen molar-refractivity contribution in [2.75, 3.05) is 6.54 Å². The van der Waals surface area contributed by atoms with Gasteiger partial charge in [-0.25, -0.2) is 0 Å². The minimum Gasteiger partial charge on any atom is -0.371 e. The van der Waals surface area contributed by atoms with Crippen molar-refractivity contribution in [2.45, 2.75) is 64.8 Å². The predicted octanol–water partition coefficient (Wildman–Crippen LogP) is 3.37. The average Bonchev–Trinajstić information content (AvgIpc) is 2.55. The molecule has 0 radical (unpaired) electrons. The molecular weight excluding hydrogens is 196 g/mol. The van der Waals surface area contributed by atoms with Gasteiger partial charge in [0, 0.05) is 19.0 Å². The lowest BCUT2D eigenvalue weighted by Crippen LogP contribution is -2.39. The van der Waals surface area contributed by atoms with E-state index in [1.807, 2.05) is 0 Å². The van der Waals surface area contributed by atoms with E-state index in [9.17, 15) is 0 Å². The Morgan fingerprint density at radius 1 is 1.12 bits per heavy atom. The van der Waals surface area contributed by atoms with Crippen LogP contribution in [0.2, 0.25) is 0 Å². The van der Waals surface area contributed by atoms with E-state index in [4.69, 9.17) is 0 Å². The molecule has 2 atom stereocenters. The molecule has 0 aromatic heterocycles. The predicted molar refractivity (Wildman–Crippen MR) is 69.9 cm³/mol. The first-order chi connectivity index (χ1) is 7.77. The second-order valence-electron chi connectivity index (χ2n) is 5.73. The molecule has 1 heterocycles. The Labute approximate surface area is 99.9 Å². The van der Waals surface area contributed by atoms with Crippen LogP contribution in [0.1, 0.15) is 58.8 Å². The molecule has 0 saturated heterocycles. The van der Waals surface area contributed by atoms with E-state index in [2.05, 4.69) is 24.2 Å². The number of hydrogen-bond acceptors (Lipinski definition) is 2. The molecule has 2 aliphatic rings. The molecule has 0 aromatic carbocycles. The fourth-order valence-electron chi connectivity index (χ4n) is 3.17. The monoisotopic (exact) mass is 222 g/mol. The summed E-state index contributed by atoms with van der Waals surface area (Å²) in [6.45, 7) is 5.76. The average molecular weight is 222 g/mol. The van der Waals surface area contributed by atoms with Crippen LogP contribution < -0.4 is 5.32 Å². The van der Waals surface area contributed by atoms with E-state index < -0.39 is 0 Å². The minimum absolute atomic E-state index is 0.705. The summed E-state index contributed by atoms with van der Waals surface area (Å²) in [5.74, 6) is 2.98. The highest BCUT2D eigenvalue weighted by Crippen LogP contribution is 2.31. The molecule has 1 saturated carbocycles. The number of hydrogen-bond donors (Lipinski definition) is 1. The molecule has 0 spiro atoms. The number of aliphatic imine (C=N–C) groups is 1. The van der Waals surface area contributed by atoms with Crippen LogP contribution in [-0.2, 0) is 0 Å². The van der Waals surface area contributed by atoms with Crippen LogP contribution in [0.4, 0.5) is 0 Å². The maximum Gasteiger partial charge on any atom is 0.0965 e. The van der Waals surface area contributed by atoms with Gasteiger partial charge in [0.15, 0.2) is 0 Å². The van der Waals surface area contributed by atoms with Crippen molar-refractivity contribution in [3.63, 3.8) is 0 Å². The van der Waals surface area contributed by atoms with E-state index in [1.165, 1.54) is 50.8 Å². The van der Waals surface area contributed by atoms with Gasteiger partial charge in [0.25, 0.3) is 0 Å². The lowest BCUT2D eigenvalue weighted by molar-refractivity contribution is 0.338. The molecule has 1 aliphatic carbocycles. The van der Waals surface area contributed by atoms with Crippen molar-refractivity contribution in [1.82, 2.24) is 5.32 Å². The highest BCUT2D eigenvalue weighted by molar-refractivity contribution is 5.82. The minimum atomic E-state index is 0.705. The van der Waals surface area contributed by atoms with Gasteiger partial charge in [0.05, 0.1) is 5.84 Å². The number of nitrogens with zero attached hydrogens (tertiary/aromatic N) is 1. The standard InChI is InChI=1S/C14H26N2/c1-11(2)12-7-6-8-13(12)16-14-9-4-3-5-10-15-14/h11-13H,3-10H2,1-2H3,(H,15,16)/t12-,13-/m0/s1. The van der Waals surface area contributed by atoms with Gasteiger partial charge in [-0.3, -0.25) is 4.99 Å². The third kappa shape index (κ3) is 2.99. The summed E-state index contributed by atoms with van der Waals surface area (Å²) in [6.07, 6.45) is 9.29. The van der Waals surface area contributed by atoms with Crippen LogP contribution in [-0.4, -0.2) is 18.4 Å². The number of nitrogens with one attached hydrogen (secondary N) is 1. The van der Waals surface area contributed by atoms with Crippen LogP contribution in [0.3, 0.4) is 0 Å². The Bertz CT molecular complexity index is 245. The maximum atomic E-state index is 4.69. The van der Waals surface area contributed by atoms with Gasteiger partial charge in [-0.15, -0.1) is 0 Å². The van der Waals surface area contributed by atoms with Crippen molar-refractivity contribution in [3.05, 3.63) is 0 Å². The molecule has 0 unspecified atom stereocenters. The van der Waals surface area contributed by atoms with Crippen LogP contribution in [0.15, 0.2) is 4.99 Å². The third-order valence-corrected chi connectivity index (χ3v) is 4.15. The topological polar surface area (TPSA) is 24.4 Å². The SMILES string of the molecule is CC(C)[C@@H]1CCC[C@@H]1NC1=NCCCCC1. The van der Waals surface area contributed by atoms with Gasteiger partial charge in [-0.1, -0.05) is 26.7 Å². The van der Waals surface area contributed by atoms with E-state index in [0.29, 0.717) is 6.04 Å². The van der Waals surface area contributed by atoms with Crippen LogP contribution in [0.5, 0.6) is 0 Å². The maximum absolute atomic E-state index is 4.69. The lowest BCUT2D eigenvalue weighted by Gasteiger charge is -2.25. The van der Waals surface area contributed by atoms with Crippen molar-refractivity contribution in [3.8, 4) is 0 Å². The first-order valence-corrected chi connectivity index (χ1v) is 7.07. The van der Waals surface area contributed by atoms with Gasteiger partial charge in [0.1, 0.15) is 0 Å². The summed E-state index contributed by atoms with van der Waals surface area (Å²) in [6, 6.07) is 0.705. The molecule has 1 fully saturated rings. The molecule has 0 aromatic rings. The van der Waals surface area contributed by atoms with Crippen molar-refractivity contribution >= 4 is 5.84 Å². The van der Waals surface area contributed by atoms with Crippen LogP contribution >= 0.6 is 0 Å². The zero-order chi connectivity index (χ0) is 11.4. The zero-order valence-electron chi connectivity index (χ0n) is 10.8. The second kappa shape index (κ2) is 5.70. The molecule has 2 nitrogen and oxygen atoms in total. The highest BCUT2D eigenvalue weighted by Gasteiger charge is 2.29. The molecule has 1 N–H and O–H groups in total. The first-order valence-electron chi connectivity index (χ1n) is 7.07. The molecule has 2 rings (SSSR count). The summed E-state index contributed by atoms with van der Waals surface area (Å²) in [5.41, 5.74) is 0. The number of rotatable bonds is 2. The third-order valence-electron chi connectivity index (χ3n) is 4.15. The normalized spacial score (nSPS) is 31.3. The Balaban J connectivity index is 1.90. The van der Waals surface area contributed by atoms with Gasteiger partial charge in [0.2, 0.25) is 0 Å². The van der Waals surface area contributed by atoms with E-state index in [1.54, 1.807) is 0 Å². The molecule has 0 amide bonds. The molecule has 16 heavy (non-hydrogen) atoms. The molecule has 2 heteroatoms. The first kappa shape index (κ1) is 11.9. The van der Waals surface area contributed by atoms with E-state index in [0.717, 1.165) is 18.4 Å². The summed E-state index contributed by atoms with van der Waals surface area (Å²) in [5, 5.41) is 3.74. The largest absolute Gasteiger partial charge is 0.371 e. The Kier molecular flexibility index (Phi) is 4.25. The molecular formula is C14H26N2.